The average Bonchev–Trinajstić information content (AvgIpc) is 2.87. The molecule has 0 saturated carbocycles. The number of benzene rings is 1. The molecule has 0 aliphatic rings. The number of pyridine rings is 1. The Hall–Kier alpha value is -2.93. The Kier molecular flexibility index (Phi) is 3.71. The van der Waals surface area contributed by atoms with Gasteiger partial charge in [-0.25, -0.2) is 4.98 Å². The standard InChI is InChI=1S/C15H13N5OS/c16-4-3-12(17)9-5-11(8-19-7-9)21-10-1-2-13-14(6-10)22-15(18)20-13/h1-8,16H,17H2,(H2,18,20)/b12-3-,16-4?. The van der Waals surface area contributed by atoms with Crippen LogP contribution in [-0.2, 0) is 0 Å². The molecule has 0 bridgehead atoms. The number of fused-ring (bicyclic) bond motifs is 1. The highest BCUT2D eigenvalue weighted by atomic mass is 32.1. The number of hydrogen-bond donors (Lipinski definition) is 3. The monoisotopic (exact) mass is 311 g/mol. The molecule has 2 heterocycles. The second-order valence-electron chi connectivity index (χ2n) is 4.48. The topological polar surface area (TPSA) is 111 Å². The lowest BCUT2D eigenvalue weighted by Crippen LogP contribution is -1.98. The third kappa shape index (κ3) is 2.89. The van der Waals surface area contributed by atoms with Crippen molar-refractivity contribution in [1.29, 1.82) is 5.41 Å². The van der Waals surface area contributed by atoms with Crippen molar-refractivity contribution in [3.63, 3.8) is 0 Å². The quantitative estimate of drug-likeness (QED) is 0.641. The van der Waals surface area contributed by atoms with Crippen LogP contribution in [-0.4, -0.2) is 16.2 Å². The van der Waals surface area contributed by atoms with Gasteiger partial charge in [0.2, 0.25) is 0 Å². The van der Waals surface area contributed by atoms with Crippen LogP contribution in [0.15, 0.2) is 42.7 Å². The molecule has 6 nitrogen and oxygen atoms in total. The van der Waals surface area contributed by atoms with Gasteiger partial charge in [0.1, 0.15) is 11.5 Å². The van der Waals surface area contributed by atoms with E-state index in [0.717, 1.165) is 16.4 Å². The predicted molar refractivity (Wildman–Crippen MR) is 89.3 cm³/mol. The van der Waals surface area contributed by atoms with E-state index in [4.69, 9.17) is 21.6 Å². The number of hydrogen-bond acceptors (Lipinski definition) is 7. The fourth-order valence-electron chi connectivity index (χ4n) is 1.94. The van der Waals surface area contributed by atoms with E-state index in [2.05, 4.69) is 9.97 Å². The van der Waals surface area contributed by atoms with Crippen LogP contribution in [0.3, 0.4) is 0 Å². The number of nitrogens with one attached hydrogen (secondary N) is 1. The molecule has 0 fully saturated rings. The van der Waals surface area contributed by atoms with E-state index < -0.39 is 0 Å². The summed E-state index contributed by atoms with van der Waals surface area (Å²) in [6.07, 6.45) is 5.85. The number of allylic oxidation sites excluding steroid dienone is 1. The van der Waals surface area contributed by atoms with Crippen LogP contribution in [0.5, 0.6) is 11.5 Å². The van der Waals surface area contributed by atoms with Gasteiger partial charge in [0.25, 0.3) is 0 Å². The fourth-order valence-corrected chi connectivity index (χ4v) is 2.70. The second-order valence-corrected chi connectivity index (χ2v) is 5.54. The highest BCUT2D eigenvalue weighted by Crippen LogP contribution is 2.30. The smallest absolute Gasteiger partial charge is 0.181 e. The Morgan fingerprint density at radius 2 is 2.09 bits per heavy atom. The van der Waals surface area contributed by atoms with Gasteiger partial charge in [-0.3, -0.25) is 4.98 Å². The number of anilines is 1. The first-order valence-corrected chi connectivity index (χ1v) is 7.23. The summed E-state index contributed by atoms with van der Waals surface area (Å²) in [5.74, 6) is 1.24. The zero-order valence-corrected chi connectivity index (χ0v) is 12.3. The molecule has 22 heavy (non-hydrogen) atoms. The van der Waals surface area contributed by atoms with Crippen LogP contribution in [0.4, 0.5) is 5.13 Å². The zero-order valence-electron chi connectivity index (χ0n) is 11.5. The lowest BCUT2D eigenvalue weighted by Gasteiger charge is -2.07. The van der Waals surface area contributed by atoms with Gasteiger partial charge < -0.3 is 21.6 Å². The average molecular weight is 311 g/mol. The Bertz CT molecular complexity index is 871. The number of nitrogens with two attached hydrogens (primary N) is 2. The molecule has 1 aromatic carbocycles. The SMILES string of the molecule is N=C/C=C(\N)c1cncc(Oc2ccc3nc(N)sc3c2)c1. The first-order chi connectivity index (χ1) is 10.7. The molecular formula is C15H13N5OS. The molecule has 0 unspecified atom stereocenters. The van der Waals surface area contributed by atoms with Crippen LogP contribution < -0.4 is 16.2 Å². The number of ether oxygens (including phenoxy) is 1. The summed E-state index contributed by atoms with van der Waals surface area (Å²) in [6.45, 7) is 0. The summed E-state index contributed by atoms with van der Waals surface area (Å²) >= 11 is 1.41. The van der Waals surface area contributed by atoms with Gasteiger partial charge in [0, 0.05) is 29.7 Å². The van der Waals surface area contributed by atoms with Crippen molar-refractivity contribution in [2.24, 2.45) is 5.73 Å². The number of aromatic nitrogens is 2. The number of thiazole rings is 1. The molecule has 0 radical (unpaired) electrons. The maximum absolute atomic E-state index is 7.05. The molecule has 7 heteroatoms. The van der Waals surface area contributed by atoms with E-state index in [0.29, 0.717) is 27.9 Å². The maximum Gasteiger partial charge on any atom is 0.181 e. The van der Waals surface area contributed by atoms with Gasteiger partial charge in [0.15, 0.2) is 5.13 Å². The van der Waals surface area contributed by atoms with Crippen LogP contribution >= 0.6 is 11.3 Å². The van der Waals surface area contributed by atoms with Crippen molar-refractivity contribution in [3.8, 4) is 11.5 Å². The van der Waals surface area contributed by atoms with E-state index in [9.17, 15) is 0 Å². The summed E-state index contributed by atoms with van der Waals surface area (Å²) in [5.41, 5.74) is 13.5. The first-order valence-electron chi connectivity index (χ1n) is 6.41. The second kappa shape index (κ2) is 5.82. The van der Waals surface area contributed by atoms with Crippen LogP contribution in [0.2, 0.25) is 0 Å². The molecular weight excluding hydrogens is 298 g/mol. The highest BCUT2D eigenvalue weighted by molar-refractivity contribution is 7.22. The van der Waals surface area contributed by atoms with Crippen molar-refractivity contribution in [2.75, 3.05) is 5.73 Å². The van der Waals surface area contributed by atoms with Gasteiger partial charge >= 0.3 is 0 Å². The zero-order chi connectivity index (χ0) is 15.5. The largest absolute Gasteiger partial charge is 0.456 e. The molecule has 0 aliphatic heterocycles. The number of nitrogens with zero attached hydrogens (tertiary/aromatic N) is 2. The molecule has 0 saturated heterocycles. The molecule has 5 N–H and O–H groups in total. The fraction of sp³-hybridized carbons (Fsp3) is 0. The number of rotatable bonds is 4. The summed E-state index contributed by atoms with van der Waals surface area (Å²) in [4.78, 5) is 8.30. The van der Waals surface area contributed by atoms with Gasteiger partial charge in [-0.1, -0.05) is 11.3 Å². The Morgan fingerprint density at radius 3 is 2.91 bits per heavy atom. The molecule has 110 valence electrons. The Labute approximate surface area is 130 Å². The van der Waals surface area contributed by atoms with Crippen molar-refractivity contribution in [1.82, 2.24) is 9.97 Å². The van der Waals surface area contributed by atoms with E-state index in [-0.39, 0.29) is 0 Å². The van der Waals surface area contributed by atoms with Crippen molar-refractivity contribution in [2.45, 2.75) is 0 Å². The van der Waals surface area contributed by atoms with E-state index in [1.54, 1.807) is 18.5 Å². The summed E-state index contributed by atoms with van der Waals surface area (Å²) in [6, 6.07) is 7.34. The lowest BCUT2D eigenvalue weighted by atomic mass is 10.2. The first kappa shape index (κ1) is 14.0. The molecule has 3 rings (SSSR count). The minimum atomic E-state index is 0.457. The molecule has 0 spiro atoms. The summed E-state index contributed by atoms with van der Waals surface area (Å²) in [5, 5.41) is 7.57. The predicted octanol–water partition coefficient (Wildman–Crippen LogP) is 3.01. The van der Waals surface area contributed by atoms with Gasteiger partial charge in [-0.05, 0) is 24.3 Å². The van der Waals surface area contributed by atoms with E-state index in [1.807, 2.05) is 18.2 Å². The van der Waals surface area contributed by atoms with Crippen LogP contribution in [0.25, 0.3) is 15.9 Å². The molecule has 3 aromatic rings. The number of nitrogen functional groups attached to an aromatic ring is 1. The third-order valence-corrected chi connectivity index (χ3v) is 3.77. The van der Waals surface area contributed by atoms with Crippen molar-refractivity contribution < 1.29 is 4.74 Å². The molecule has 2 aromatic heterocycles. The molecule has 0 amide bonds. The van der Waals surface area contributed by atoms with Gasteiger partial charge in [0.05, 0.1) is 16.4 Å². The van der Waals surface area contributed by atoms with Gasteiger partial charge in [-0.15, -0.1) is 0 Å². The van der Waals surface area contributed by atoms with Crippen LogP contribution in [0.1, 0.15) is 5.56 Å². The Morgan fingerprint density at radius 1 is 1.23 bits per heavy atom. The van der Waals surface area contributed by atoms with E-state index >= 15 is 0 Å². The minimum absolute atomic E-state index is 0.457. The Balaban J connectivity index is 1.89. The lowest BCUT2D eigenvalue weighted by molar-refractivity contribution is 0.481. The summed E-state index contributed by atoms with van der Waals surface area (Å²) in [7, 11) is 0. The normalized spacial score (nSPS) is 11.5. The molecule has 0 atom stereocenters. The van der Waals surface area contributed by atoms with E-state index in [1.165, 1.54) is 17.4 Å². The summed E-state index contributed by atoms with van der Waals surface area (Å²) < 4.78 is 6.76. The maximum atomic E-state index is 7.05. The van der Waals surface area contributed by atoms with Gasteiger partial charge in [-0.2, -0.15) is 0 Å². The third-order valence-electron chi connectivity index (χ3n) is 2.92. The molecule has 0 aliphatic carbocycles. The minimum Gasteiger partial charge on any atom is -0.456 e. The van der Waals surface area contributed by atoms with Crippen molar-refractivity contribution >= 4 is 38.6 Å². The van der Waals surface area contributed by atoms with Crippen LogP contribution in [0, 0.1) is 5.41 Å². The highest BCUT2D eigenvalue weighted by Gasteiger charge is 2.05. The van der Waals surface area contributed by atoms with Crippen molar-refractivity contribution in [3.05, 3.63) is 48.3 Å².